The minimum absolute atomic E-state index is 0.196. The predicted octanol–water partition coefficient (Wildman–Crippen LogP) is 4.51. The number of rotatable bonds is 3. The monoisotopic (exact) mass is 368 g/mol. The summed E-state index contributed by atoms with van der Waals surface area (Å²) in [6, 6.07) is 8.09. The summed E-state index contributed by atoms with van der Waals surface area (Å²) in [7, 11) is 0. The van der Waals surface area contributed by atoms with Gasteiger partial charge in [-0.05, 0) is 67.6 Å². The molecule has 1 aliphatic heterocycles. The van der Waals surface area contributed by atoms with Crippen LogP contribution in [0.3, 0.4) is 0 Å². The summed E-state index contributed by atoms with van der Waals surface area (Å²) < 4.78 is 6.53. The Morgan fingerprint density at radius 1 is 1.41 bits per heavy atom. The van der Waals surface area contributed by atoms with E-state index in [4.69, 9.17) is 4.74 Å². The predicted molar refractivity (Wildman–Crippen MR) is 93.2 cm³/mol. The van der Waals surface area contributed by atoms with Crippen LogP contribution in [0.15, 0.2) is 28.7 Å². The van der Waals surface area contributed by atoms with Gasteiger partial charge in [-0.3, -0.25) is 0 Å². The first kappa shape index (κ1) is 17.1. The third kappa shape index (κ3) is 5.20. The van der Waals surface area contributed by atoms with Gasteiger partial charge in [-0.15, -0.1) is 0 Å². The van der Waals surface area contributed by atoms with E-state index in [1.165, 1.54) is 0 Å². The van der Waals surface area contributed by atoms with Crippen LogP contribution in [0.2, 0.25) is 0 Å². The fraction of sp³-hybridized carbons (Fsp3) is 0.588. The van der Waals surface area contributed by atoms with Gasteiger partial charge in [-0.2, -0.15) is 0 Å². The molecule has 5 heteroatoms. The van der Waals surface area contributed by atoms with E-state index < -0.39 is 5.60 Å². The molecule has 4 nitrogen and oxygen atoms in total. The van der Waals surface area contributed by atoms with E-state index in [-0.39, 0.29) is 6.09 Å². The first-order valence-corrected chi connectivity index (χ1v) is 8.61. The number of benzene rings is 1. The lowest BCUT2D eigenvalue weighted by molar-refractivity contribution is 0.0172. The molecular formula is C17H25BrN2O2. The fourth-order valence-corrected chi connectivity index (χ4v) is 3.01. The number of hydrogen-bond donors (Lipinski definition) is 1. The molecule has 1 aromatic carbocycles. The highest BCUT2D eigenvalue weighted by molar-refractivity contribution is 9.10. The number of para-hydroxylation sites is 1. The van der Waals surface area contributed by atoms with E-state index in [0.717, 1.165) is 42.6 Å². The molecule has 1 N–H and O–H groups in total. The molecule has 22 heavy (non-hydrogen) atoms. The van der Waals surface area contributed by atoms with Crippen LogP contribution in [0, 0.1) is 5.92 Å². The van der Waals surface area contributed by atoms with Crippen molar-refractivity contribution >= 4 is 27.7 Å². The second-order valence-corrected chi connectivity index (χ2v) is 7.65. The quantitative estimate of drug-likeness (QED) is 0.853. The molecule has 0 bridgehead atoms. The largest absolute Gasteiger partial charge is 0.444 e. The lowest BCUT2D eigenvalue weighted by atomic mass is 9.98. The molecule has 0 saturated carbocycles. The summed E-state index contributed by atoms with van der Waals surface area (Å²) in [5.41, 5.74) is 0.661. The molecule has 1 fully saturated rings. The zero-order valence-electron chi connectivity index (χ0n) is 13.6. The molecule has 1 aliphatic rings. The van der Waals surface area contributed by atoms with Gasteiger partial charge in [-0.25, -0.2) is 4.79 Å². The number of carbonyl (C=O) groups excluding carboxylic acids is 1. The Hall–Kier alpha value is -1.23. The molecule has 0 radical (unpaired) electrons. The number of nitrogens with zero attached hydrogens (tertiary/aromatic N) is 1. The number of piperidine rings is 1. The van der Waals surface area contributed by atoms with Crippen molar-refractivity contribution in [3.8, 4) is 0 Å². The van der Waals surface area contributed by atoms with Gasteiger partial charge in [-0.1, -0.05) is 12.1 Å². The molecule has 1 saturated heterocycles. The number of ether oxygens (including phenoxy) is 1. The Labute approximate surface area is 141 Å². The van der Waals surface area contributed by atoms with Crippen LogP contribution in [0.25, 0.3) is 0 Å². The number of anilines is 1. The van der Waals surface area contributed by atoms with Gasteiger partial charge in [0.25, 0.3) is 0 Å². The number of carbonyl (C=O) groups is 1. The molecule has 1 unspecified atom stereocenters. The van der Waals surface area contributed by atoms with E-state index in [9.17, 15) is 4.79 Å². The lowest BCUT2D eigenvalue weighted by Crippen LogP contribution is -2.44. The van der Waals surface area contributed by atoms with Gasteiger partial charge in [0.2, 0.25) is 0 Å². The maximum atomic E-state index is 12.2. The van der Waals surface area contributed by atoms with Crippen molar-refractivity contribution in [1.29, 1.82) is 0 Å². The van der Waals surface area contributed by atoms with Crippen LogP contribution in [-0.2, 0) is 4.74 Å². The molecule has 0 aliphatic carbocycles. The zero-order valence-corrected chi connectivity index (χ0v) is 15.1. The second kappa shape index (κ2) is 7.36. The number of likely N-dealkylation sites (tertiary alicyclic amines) is 1. The Kier molecular flexibility index (Phi) is 5.73. The van der Waals surface area contributed by atoms with Crippen LogP contribution >= 0.6 is 15.9 Å². The second-order valence-electron chi connectivity index (χ2n) is 6.80. The zero-order chi connectivity index (χ0) is 16.2. The van der Waals surface area contributed by atoms with E-state index in [2.05, 4.69) is 27.3 Å². The van der Waals surface area contributed by atoms with E-state index in [1.807, 2.05) is 43.9 Å². The van der Waals surface area contributed by atoms with Gasteiger partial charge in [0.1, 0.15) is 5.60 Å². The van der Waals surface area contributed by atoms with Crippen molar-refractivity contribution in [2.75, 3.05) is 25.0 Å². The SMILES string of the molecule is CC(C)(C)OC(=O)N1CCCC(CNc2ccccc2Br)C1. The highest BCUT2D eigenvalue weighted by Gasteiger charge is 2.27. The molecule has 0 aromatic heterocycles. The topological polar surface area (TPSA) is 41.6 Å². The summed E-state index contributed by atoms with van der Waals surface area (Å²) in [5, 5.41) is 3.46. The number of hydrogen-bond acceptors (Lipinski definition) is 3. The molecular weight excluding hydrogens is 344 g/mol. The number of nitrogens with one attached hydrogen (secondary N) is 1. The Morgan fingerprint density at radius 3 is 2.82 bits per heavy atom. The Bertz CT molecular complexity index is 514. The lowest BCUT2D eigenvalue weighted by Gasteiger charge is -2.34. The van der Waals surface area contributed by atoms with Crippen LogP contribution in [0.5, 0.6) is 0 Å². The number of halogens is 1. The summed E-state index contributed by atoms with van der Waals surface area (Å²) in [6.07, 6.45) is 1.97. The summed E-state index contributed by atoms with van der Waals surface area (Å²) in [5.74, 6) is 0.452. The highest BCUT2D eigenvalue weighted by atomic mass is 79.9. The van der Waals surface area contributed by atoms with Crippen molar-refractivity contribution in [3.05, 3.63) is 28.7 Å². The smallest absolute Gasteiger partial charge is 0.410 e. The van der Waals surface area contributed by atoms with Gasteiger partial charge < -0.3 is 15.0 Å². The van der Waals surface area contributed by atoms with Crippen LogP contribution in [0.4, 0.5) is 10.5 Å². The summed E-state index contributed by atoms with van der Waals surface area (Å²) >= 11 is 3.54. The molecule has 1 amide bonds. The van der Waals surface area contributed by atoms with Crippen molar-refractivity contribution in [3.63, 3.8) is 0 Å². The minimum atomic E-state index is -0.433. The maximum absolute atomic E-state index is 12.2. The van der Waals surface area contributed by atoms with Gasteiger partial charge in [0.15, 0.2) is 0 Å². The van der Waals surface area contributed by atoms with Crippen LogP contribution in [-0.4, -0.2) is 36.2 Å². The van der Waals surface area contributed by atoms with E-state index in [1.54, 1.807) is 0 Å². The summed E-state index contributed by atoms with van der Waals surface area (Å²) in [4.78, 5) is 14.0. The first-order valence-electron chi connectivity index (χ1n) is 7.81. The highest BCUT2D eigenvalue weighted by Crippen LogP contribution is 2.24. The molecule has 1 atom stereocenters. The Morgan fingerprint density at radius 2 is 2.14 bits per heavy atom. The number of amides is 1. The third-order valence-electron chi connectivity index (χ3n) is 3.63. The molecule has 1 heterocycles. The maximum Gasteiger partial charge on any atom is 0.410 e. The first-order chi connectivity index (χ1) is 10.3. The fourth-order valence-electron chi connectivity index (χ4n) is 2.58. The van der Waals surface area contributed by atoms with E-state index >= 15 is 0 Å². The van der Waals surface area contributed by atoms with Crippen molar-refractivity contribution in [2.45, 2.75) is 39.2 Å². The van der Waals surface area contributed by atoms with E-state index in [0.29, 0.717) is 5.92 Å². The van der Waals surface area contributed by atoms with Crippen LogP contribution < -0.4 is 5.32 Å². The van der Waals surface area contributed by atoms with Gasteiger partial charge in [0.05, 0.1) is 0 Å². The van der Waals surface area contributed by atoms with Crippen LogP contribution in [0.1, 0.15) is 33.6 Å². The molecule has 1 aromatic rings. The molecule has 2 rings (SSSR count). The molecule has 0 spiro atoms. The minimum Gasteiger partial charge on any atom is -0.444 e. The average Bonchev–Trinajstić information content (AvgIpc) is 2.45. The van der Waals surface area contributed by atoms with Gasteiger partial charge >= 0.3 is 6.09 Å². The van der Waals surface area contributed by atoms with Crippen molar-refractivity contribution in [2.24, 2.45) is 5.92 Å². The van der Waals surface area contributed by atoms with Gasteiger partial charge in [0, 0.05) is 29.8 Å². The van der Waals surface area contributed by atoms with Crippen molar-refractivity contribution < 1.29 is 9.53 Å². The normalized spacial score (nSPS) is 18.9. The molecule has 122 valence electrons. The van der Waals surface area contributed by atoms with Crippen molar-refractivity contribution in [1.82, 2.24) is 4.90 Å². The standard InChI is InChI=1S/C17H25BrN2O2/c1-17(2,3)22-16(21)20-10-6-7-13(12-20)11-19-15-9-5-4-8-14(15)18/h4-5,8-9,13,19H,6-7,10-12H2,1-3H3. The Balaban J connectivity index is 1.86. The average molecular weight is 369 g/mol. The summed E-state index contributed by atoms with van der Waals surface area (Å²) in [6.45, 7) is 8.12. The third-order valence-corrected chi connectivity index (χ3v) is 4.32.